The molecule has 1 saturated heterocycles. The molecule has 0 spiro atoms. The zero-order chi connectivity index (χ0) is 13.4. The molecule has 102 valence electrons. The number of piperidine rings is 1. The van der Waals surface area contributed by atoms with Crippen LogP contribution in [0.3, 0.4) is 0 Å². The first-order chi connectivity index (χ1) is 8.37. The third-order valence-electron chi connectivity index (χ3n) is 3.71. The molecular formula is C11H20N4O2S. The van der Waals surface area contributed by atoms with Gasteiger partial charge < -0.3 is 9.88 Å². The van der Waals surface area contributed by atoms with Crippen molar-refractivity contribution in [3.63, 3.8) is 0 Å². The third-order valence-corrected chi connectivity index (χ3v) is 5.50. The van der Waals surface area contributed by atoms with Crippen LogP contribution in [0.5, 0.6) is 0 Å². The van der Waals surface area contributed by atoms with Crippen molar-refractivity contribution in [1.29, 1.82) is 0 Å². The van der Waals surface area contributed by atoms with E-state index in [0.717, 1.165) is 12.8 Å². The summed E-state index contributed by atoms with van der Waals surface area (Å²) in [6.45, 7) is 3.20. The van der Waals surface area contributed by atoms with Crippen molar-refractivity contribution in [3.8, 4) is 0 Å². The van der Waals surface area contributed by atoms with Gasteiger partial charge in [0.05, 0.1) is 6.33 Å². The summed E-state index contributed by atoms with van der Waals surface area (Å²) in [4.78, 5) is 3.94. The highest BCUT2D eigenvalue weighted by molar-refractivity contribution is 7.89. The maximum atomic E-state index is 12.3. The average Bonchev–Trinajstić information content (AvgIpc) is 2.77. The smallest absolute Gasteiger partial charge is 0.262 e. The van der Waals surface area contributed by atoms with E-state index in [2.05, 4.69) is 17.2 Å². The SMILES string of the molecule is CNC1(C)CCN(S(=O)(=O)c2cn(C)cn2)CC1. The van der Waals surface area contributed by atoms with Gasteiger partial charge in [-0.2, -0.15) is 4.31 Å². The fraction of sp³-hybridized carbons (Fsp3) is 0.727. The predicted molar refractivity (Wildman–Crippen MR) is 68.7 cm³/mol. The molecule has 1 N–H and O–H groups in total. The number of nitrogens with zero attached hydrogens (tertiary/aromatic N) is 3. The molecular weight excluding hydrogens is 252 g/mol. The number of hydrogen-bond donors (Lipinski definition) is 1. The molecule has 0 bridgehead atoms. The van der Waals surface area contributed by atoms with Crippen molar-refractivity contribution >= 4 is 10.0 Å². The highest BCUT2D eigenvalue weighted by Gasteiger charge is 2.35. The lowest BCUT2D eigenvalue weighted by atomic mass is 9.91. The summed E-state index contributed by atoms with van der Waals surface area (Å²) in [7, 11) is 0.258. The van der Waals surface area contributed by atoms with Crippen LogP contribution in [0.15, 0.2) is 17.6 Å². The summed E-state index contributed by atoms with van der Waals surface area (Å²) in [5.41, 5.74) is 0.0378. The maximum absolute atomic E-state index is 12.3. The Hall–Kier alpha value is -0.920. The van der Waals surface area contributed by atoms with Gasteiger partial charge in [-0.25, -0.2) is 13.4 Å². The number of hydrogen-bond acceptors (Lipinski definition) is 4. The molecule has 2 rings (SSSR count). The number of aryl methyl sites for hydroxylation is 1. The Bertz CT molecular complexity index is 515. The van der Waals surface area contributed by atoms with Crippen LogP contribution < -0.4 is 5.32 Å². The van der Waals surface area contributed by atoms with Crippen LogP contribution in [0.4, 0.5) is 0 Å². The van der Waals surface area contributed by atoms with Gasteiger partial charge in [0.2, 0.25) is 0 Å². The van der Waals surface area contributed by atoms with Gasteiger partial charge in [-0.05, 0) is 26.8 Å². The van der Waals surface area contributed by atoms with Crippen LogP contribution in [-0.2, 0) is 17.1 Å². The monoisotopic (exact) mass is 272 g/mol. The molecule has 1 aromatic heterocycles. The standard InChI is InChI=1S/C11H20N4O2S/c1-11(12-2)4-6-15(7-5-11)18(16,17)10-8-14(3)9-13-10/h8-9,12H,4-7H2,1-3H3. The second kappa shape index (κ2) is 4.64. The molecule has 0 aliphatic carbocycles. The van der Waals surface area contributed by atoms with E-state index in [9.17, 15) is 8.42 Å². The molecule has 1 fully saturated rings. The zero-order valence-electron chi connectivity index (χ0n) is 11.0. The molecule has 0 atom stereocenters. The number of imidazole rings is 1. The largest absolute Gasteiger partial charge is 0.339 e. The Morgan fingerprint density at radius 3 is 2.44 bits per heavy atom. The van der Waals surface area contributed by atoms with Gasteiger partial charge in [0, 0.05) is 31.9 Å². The van der Waals surface area contributed by atoms with E-state index in [1.807, 2.05) is 7.05 Å². The van der Waals surface area contributed by atoms with Gasteiger partial charge in [-0.3, -0.25) is 0 Å². The van der Waals surface area contributed by atoms with Crippen LogP contribution in [0.2, 0.25) is 0 Å². The molecule has 0 unspecified atom stereocenters. The normalized spacial score (nSPS) is 21.1. The van der Waals surface area contributed by atoms with Crippen molar-refractivity contribution in [2.24, 2.45) is 7.05 Å². The molecule has 0 amide bonds. The van der Waals surface area contributed by atoms with E-state index in [1.54, 1.807) is 17.8 Å². The fourth-order valence-electron chi connectivity index (χ4n) is 2.12. The summed E-state index contributed by atoms with van der Waals surface area (Å²) >= 11 is 0. The lowest BCUT2D eigenvalue weighted by Crippen LogP contribution is -2.51. The molecule has 1 aromatic rings. The summed E-state index contributed by atoms with van der Waals surface area (Å²) in [6.07, 6.45) is 4.68. The van der Waals surface area contributed by atoms with E-state index < -0.39 is 10.0 Å². The second-order valence-corrected chi connectivity index (χ2v) is 6.98. The molecule has 6 nitrogen and oxygen atoms in total. The fourth-order valence-corrected chi connectivity index (χ4v) is 3.53. The number of nitrogens with one attached hydrogen (secondary N) is 1. The first-order valence-electron chi connectivity index (χ1n) is 6.04. The molecule has 2 heterocycles. The van der Waals surface area contributed by atoms with Crippen LogP contribution >= 0.6 is 0 Å². The number of rotatable bonds is 3. The van der Waals surface area contributed by atoms with Gasteiger partial charge in [-0.15, -0.1) is 0 Å². The van der Waals surface area contributed by atoms with Gasteiger partial charge in [0.15, 0.2) is 5.03 Å². The van der Waals surface area contributed by atoms with E-state index in [0.29, 0.717) is 13.1 Å². The lowest BCUT2D eigenvalue weighted by Gasteiger charge is -2.38. The Labute approximate surface area is 108 Å². The molecule has 0 saturated carbocycles. The summed E-state index contributed by atoms with van der Waals surface area (Å²) < 4.78 is 27.8. The molecule has 0 aromatic carbocycles. The van der Waals surface area contributed by atoms with Crippen molar-refractivity contribution in [2.45, 2.75) is 30.3 Å². The van der Waals surface area contributed by atoms with Crippen molar-refractivity contribution < 1.29 is 8.42 Å². The van der Waals surface area contributed by atoms with Crippen LogP contribution in [0, 0.1) is 0 Å². The van der Waals surface area contributed by atoms with Crippen molar-refractivity contribution in [2.75, 3.05) is 20.1 Å². The number of sulfonamides is 1. The molecule has 1 aliphatic heterocycles. The lowest BCUT2D eigenvalue weighted by molar-refractivity contribution is 0.219. The summed E-state index contributed by atoms with van der Waals surface area (Å²) in [5.74, 6) is 0. The van der Waals surface area contributed by atoms with E-state index in [-0.39, 0.29) is 10.6 Å². The maximum Gasteiger partial charge on any atom is 0.262 e. The van der Waals surface area contributed by atoms with Crippen LogP contribution in [0.25, 0.3) is 0 Å². The van der Waals surface area contributed by atoms with Crippen LogP contribution in [-0.4, -0.2) is 48.0 Å². The first kappa shape index (κ1) is 13.5. The van der Waals surface area contributed by atoms with Gasteiger partial charge in [0.1, 0.15) is 0 Å². The highest BCUT2D eigenvalue weighted by atomic mass is 32.2. The van der Waals surface area contributed by atoms with Gasteiger partial charge in [-0.1, -0.05) is 0 Å². The molecule has 7 heteroatoms. The minimum absolute atomic E-state index is 0.0378. The first-order valence-corrected chi connectivity index (χ1v) is 7.48. The van der Waals surface area contributed by atoms with Gasteiger partial charge in [0.25, 0.3) is 10.0 Å². The predicted octanol–water partition coefficient (Wildman–Crippen LogP) is 0.183. The Morgan fingerprint density at radius 2 is 2.00 bits per heavy atom. The van der Waals surface area contributed by atoms with Gasteiger partial charge >= 0.3 is 0 Å². The minimum atomic E-state index is -3.43. The van der Waals surface area contributed by atoms with E-state index in [1.165, 1.54) is 10.6 Å². The molecule has 0 radical (unpaired) electrons. The van der Waals surface area contributed by atoms with E-state index in [4.69, 9.17) is 0 Å². The third kappa shape index (κ3) is 2.43. The quantitative estimate of drug-likeness (QED) is 0.852. The summed E-state index contributed by atoms with van der Waals surface area (Å²) in [5, 5.41) is 3.39. The Kier molecular flexibility index (Phi) is 3.48. The highest BCUT2D eigenvalue weighted by Crippen LogP contribution is 2.25. The molecule has 18 heavy (non-hydrogen) atoms. The Balaban J connectivity index is 2.14. The van der Waals surface area contributed by atoms with Crippen molar-refractivity contribution in [3.05, 3.63) is 12.5 Å². The second-order valence-electron chi connectivity index (χ2n) is 5.09. The van der Waals surface area contributed by atoms with Crippen molar-refractivity contribution in [1.82, 2.24) is 19.2 Å². The topological polar surface area (TPSA) is 67.2 Å². The summed E-state index contributed by atoms with van der Waals surface area (Å²) in [6, 6.07) is 0. The average molecular weight is 272 g/mol. The van der Waals surface area contributed by atoms with E-state index >= 15 is 0 Å². The minimum Gasteiger partial charge on any atom is -0.339 e. The Morgan fingerprint density at radius 1 is 1.39 bits per heavy atom. The molecule has 1 aliphatic rings. The zero-order valence-corrected chi connectivity index (χ0v) is 11.9. The number of aromatic nitrogens is 2. The van der Waals surface area contributed by atoms with Crippen LogP contribution in [0.1, 0.15) is 19.8 Å².